The standard InChI is InChI=1S/C25H33NO3/c1-7-8-9-10-17-14-20-22(23(27)21(17)24(28)26-15(2)3)18-13-16(4)11-12-19(18)25(5,6)29-20/h11-15,27H,7-10H2,1-6H3,(H,26,28). The maximum Gasteiger partial charge on any atom is 0.255 e. The van der Waals surface area contributed by atoms with E-state index in [2.05, 4.69) is 30.4 Å². The number of rotatable bonds is 6. The molecule has 2 aromatic carbocycles. The van der Waals surface area contributed by atoms with Gasteiger partial charge < -0.3 is 15.2 Å². The van der Waals surface area contributed by atoms with E-state index in [9.17, 15) is 9.90 Å². The first-order chi connectivity index (χ1) is 13.7. The van der Waals surface area contributed by atoms with Gasteiger partial charge in [-0.15, -0.1) is 0 Å². The summed E-state index contributed by atoms with van der Waals surface area (Å²) in [5.74, 6) is 0.443. The molecule has 0 radical (unpaired) electrons. The first-order valence-corrected chi connectivity index (χ1v) is 10.7. The van der Waals surface area contributed by atoms with Crippen molar-refractivity contribution in [2.45, 2.75) is 78.9 Å². The summed E-state index contributed by atoms with van der Waals surface area (Å²) in [5, 5.41) is 14.3. The SMILES string of the molecule is CCCCCc1cc2c(c(O)c1C(=O)NC(C)C)-c1cc(C)ccc1C(C)(C)O2. The lowest BCUT2D eigenvalue weighted by atomic mass is 9.83. The minimum absolute atomic E-state index is 0.00821. The van der Waals surface area contributed by atoms with Crippen molar-refractivity contribution in [1.29, 1.82) is 0 Å². The van der Waals surface area contributed by atoms with Gasteiger partial charge in [0.2, 0.25) is 0 Å². The minimum Gasteiger partial charge on any atom is -0.506 e. The van der Waals surface area contributed by atoms with Crippen molar-refractivity contribution in [3.05, 3.63) is 46.5 Å². The van der Waals surface area contributed by atoms with Crippen molar-refractivity contribution in [3.63, 3.8) is 0 Å². The molecule has 29 heavy (non-hydrogen) atoms. The summed E-state index contributed by atoms with van der Waals surface area (Å²) in [4.78, 5) is 13.0. The lowest BCUT2D eigenvalue weighted by molar-refractivity contribution is 0.0938. The highest BCUT2D eigenvalue weighted by Crippen LogP contribution is 2.51. The van der Waals surface area contributed by atoms with Gasteiger partial charge in [0.05, 0.1) is 11.1 Å². The molecule has 0 aliphatic carbocycles. The Bertz CT molecular complexity index is 928. The Kier molecular flexibility index (Phi) is 5.92. The fraction of sp³-hybridized carbons (Fsp3) is 0.480. The summed E-state index contributed by atoms with van der Waals surface area (Å²) >= 11 is 0. The van der Waals surface area contributed by atoms with Crippen LogP contribution in [0.15, 0.2) is 24.3 Å². The predicted molar refractivity (Wildman–Crippen MR) is 118 cm³/mol. The van der Waals surface area contributed by atoms with Crippen LogP contribution in [0.1, 0.15) is 80.9 Å². The Hall–Kier alpha value is -2.49. The molecular formula is C25H33NO3. The second-order valence-corrected chi connectivity index (χ2v) is 8.88. The van der Waals surface area contributed by atoms with Crippen LogP contribution < -0.4 is 10.1 Å². The average Bonchev–Trinajstić information content (AvgIpc) is 2.60. The van der Waals surface area contributed by atoms with Gasteiger partial charge >= 0.3 is 0 Å². The topological polar surface area (TPSA) is 58.6 Å². The van der Waals surface area contributed by atoms with Crippen LogP contribution in [0, 0.1) is 6.92 Å². The molecule has 1 aliphatic rings. The van der Waals surface area contributed by atoms with Gasteiger partial charge in [-0.1, -0.05) is 43.5 Å². The third-order valence-corrected chi connectivity index (χ3v) is 5.50. The zero-order chi connectivity index (χ0) is 21.3. The number of phenolic OH excluding ortho intramolecular Hbond substituents is 1. The Balaban J connectivity index is 2.23. The van der Waals surface area contributed by atoms with Gasteiger partial charge in [-0.05, 0) is 64.7 Å². The molecule has 2 aromatic rings. The fourth-order valence-corrected chi connectivity index (χ4v) is 4.11. The van der Waals surface area contributed by atoms with E-state index >= 15 is 0 Å². The number of benzene rings is 2. The number of phenols is 1. The number of hydrogen-bond acceptors (Lipinski definition) is 3. The van der Waals surface area contributed by atoms with Gasteiger partial charge in [0, 0.05) is 11.6 Å². The highest BCUT2D eigenvalue weighted by atomic mass is 16.5. The van der Waals surface area contributed by atoms with Gasteiger partial charge in [-0.3, -0.25) is 4.79 Å². The molecule has 1 aliphatic heterocycles. The van der Waals surface area contributed by atoms with Gasteiger partial charge in [0.25, 0.3) is 5.91 Å². The van der Waals surface area contributed by atoms with Crippen LogP contribution in [-0.4, -0.2) is 17.1 Å². The summed E-state index contributed by atoms with van der Waals surface area (Å²) in [7, 11) is 0. The van der Waals surface area contributed by atoms with Crippen LogP contribution in [-0.2, 0) is 12.0 Å². The molecule has 0 bridgehead atoms. The molecule has 0 spiro atoms. The van der Waals surface area contributed by atoms with E-state index in [-0.39, 0.29) is 17.7 Å². The third-order valence-electron chi connectivity index (χ3n) is 5.50. The predicted octanol–water partition coefficient (Wildman–Crippen LogP) is 5.87. The number of hydrogen-bond donors (Lipinski definition) is 2. The molecule has 0 fully saturated rings. The molecule has 2 N–H and O–H groups in total. The van der Waals surface area contributed by atoms with E-state index in [4.69, 9.17) is 4.74 Å². The van der Waals surface area contributed by atoms with Gasteiger partial charge in [-0.2, -0.15) is 0 Å². The van der Waals surface area contributed by atoms with Crippen molar-refractivity contribution >= 4 is 5.91 Å². The normalized spacial score (nSPS) is 14.2. The Morgan fingerprint density at radius 3 is 2.59 bits per heavy atom. The Morgan fingerprint density at radius 2 is 1.93 bits per heavy atom. The van der Waals surface area contributed by atoms with Crippen LogP contribution in [0.2, 0.25) is 0 Å². The molecule has 3 rings (SSSR count). The van der Waals surface area contributed by atoms with Crippen LogP contribution in [0.3, 0.4) is 0 Å². The maximum atomic E-state index is 13.0. The number of carbonyl (C=O) groups excluding carboxylic acids is 1. The molecule has 0 saturated heterocycles. The van der Waals surface area contributed by atoms with Crippen molar-refractivity contribution in [2.24, 2.45) is 0 Å². The minimum atomic E-state index is -0.509. The van der Waals surface area contributed by atoms with E-state index in [1.807, 2.05) is 40.7 Å². The average molecular weight is 396 g/mol. The van der Waals surface area contributed by atoms with E-state index < -0.39 is 5.60 Å². The van der Waals surface area contributed by atoms with E-state index in [0.717, 1.165) is 47.9 Å². The van der Waals surface area contributed by atoms with Gasteiger partial charge in [0.15, 0.2) is 0 Å². The van der Waals surface area contributed by atoms with Crippen LogP contribution in [0.25, 0.3) is 11.1 Å². The fourth-order valence-electron chi connectivity index (χ4n) is 4.11. The maximum absolute atomic E-state index is 13.0. The summed E-state index contributed by atoms with van der Waals surface area (Å²) in [6.45, 7) is 12.1. The van der Waals surface area contributed by atoms with Crippen molar-refractivity contribution < 1.29 is 14.6 Å². The molecule has 4 nitrogen and oxygen atoms in total. The number of carbonyl (C=O) groups is 1. The van der Waals surface area contributed by atoms with Gasteiger partial charge in [0.1, 0.15) is 17.1 Å². The number of nitrogens with one attached hydrogen (secondary N) is 1. The molecule has 0 unspecified atom stereocenters. The molecule has 1 heterocycles. The quantitative estimate of drug-likeness (QED) is 0.602. The lowest BCUT2D eigenvalue weighted by Gasteiger charge is -2.36. The van der Waals surface area contributed by atoms with Crippen molar-refractivity contribution in [1.82, 2.24) is 5.32 Å². The second-order valence-electron chi connectivity index (χ2n) is 8.88. The van der Waals surface area contributed by atoms with Crippen LogP contribution in [0.5, 0.6) is 11.5 Å². The molecule has 0 saturated carbocycles. The largest absolute Gasteiger partial charge is 0.506 e. The Labute approximate surface area is 174 Å². The highest BCUT2D eigenvalue weighted by Gasteiger charge is 2.36. The highest BCUT2D eigenvalue weighted by molar-refractivity contribution is 6.02. The molecule has 156 valence electrons. The lowest BCUT2D eigenvalue weighted by Crippen LogP contribution is -2.32. The van der Waals surface area contributed by atoms with E-state index in [1.54, 1.807) is 0 Å². The molecule has 1 amide bonds. The molecule has 4 heteroatoms. The monoisotopic (exact) mass is 395 g/mol. The molecular weight excluding hydrogens is 362 g/mol. The number of fused-ring (bicyclic) bond motifs is 3. The zero-order valence-corrected chi connectivity index (χ0v) is 18.5. The first kappa shape index (κ1) is 21.2. The van der Waals surface area contributed by atoms with Crippen LogP contribution >= 0.6 is 0 Å². The third kappa shape index (κ3) is 4.12. The number of aromatic hydroxyl groups is 1. The Morgan fingerprint density at radius 1 is 1.21 bits per heavy atom. The smallest absolute Gasteiger partial charge is 0.255 e. The van der Waals surface area contributed by atoms with E-state index in [0.29, 0.717) is 16.9 Å². The number of amides is 1. The summed E-state index contributed by atoms with van der Waals surface area (Å²) in [6, 6.07) is 8.13. The van der Waals surface area contributed by atoms with E-state index in [1.165, 1.54) is 0 Å². The molecule has 0 aromatic heterocycles. The first-order valence-electron chi connectivity index (χ1n) is 10.7. The zero-order valence-electron chi connectivity index (χ0n) is 18.5. The van der Waals surface area contributed by atoms with Crippen molar-refractivity contribution in [3.8, 4) is 22.6 Å². The number of ether oxygens (including phenoxy) is 1. The van der Waals surface area contributed by atoms with Crippen LogP contribution in [0.4, 0.5) is 0 Å². The summed E-state index contributed by atoms with van der Waals surface area (Å²) < 4.78 is 6.34. The van der Waals surface area contributed by atoms with Gasteiger partial charge in [-0.25, -0.2) is 0 Å². The summed E-state index contributed by atoms with van der Waals surface area (Å²) in [6.07, 6.45) is 3.88. The number of unbranched alkanes of at least 4 members (excludes halogenated alkanes) is 2. The second kappa shape index (κ2) is 8.10. The number of aryl methyl sites for hydroxylation is 2. The van der Waals surface area contributed by atoms with Crippen molar-refractivity contribution in [2.75, 3.05) is 0 Å². The molecule has 0 atom stereocenters. The summed E-state index contributed by atoms with van der Waals surface area (Å²) in [5.41, 5.74) is 4.39.